The molecule has 1 saturated heterocycles. The highest BCUT2D eigenvalue weighted by atomic mass is 19.2. The number of amides is 2. The SMILES string of the molecule is NC(=O)Nc1ccc(OC[C@@H](O)CN2CCN(c3ccc(F)c(F)c3)CC2)cc1. The number of primary amides is 1. The number of carbonyl (C=O) groups is 1. The van der Waals surface area contributed by atoms with Gasteiger partial charge in [-0.3, -0.25) is 4.90 Å². The molecule has 0 spiro atoms. The third kappa shape index (κ3) is 6.03. The van der Waals surface area contributed by atoms with Gasteiger partial charge in [0.05, 0.1) is 0 Å². The van der Waals surface area contributed by atoms with Crippen molar-refractivity contribution in [3.05, 3.63) is 54.1 Å². The van der Waals surface area contributed by atoms with E-state index >= 15 is 0 Å². The molecule has 7 nitrogen and oxygen atoms in total. The maximum atomic E-state index is 13.4. The van der Waals surface area contributed by atoms with E-state index < -0.39 is 23.8 Å². The Kier molecular flexibility index (Phi) is 6.84. The third-order valence-corrected chi connectivity index (χ3v) is 4.67. The number of nitrogens with two attached hydrogens (primary N) is 1. The highest BCUT2D eigenvalue weighted by Crippen LogP contribution is 2.20. The summed E-state index contributed by atoms with van der Waals surface area (Å²) in [6.07, 6.45) is -0.673. The van der Waals surface area contributed by atoms with Gasteiger partial charge in [0.1, 0.15) is 18.5 Å². The molecule has 1 aliphatic heterocycles. The van der Waals surface area contributed by atoms with E-state index in [1.807, 2.05) is 4.90 Å². The monoisotopic (exact) mass is 406 g/mol. The number of urea groups is 1. The van der Waals surface area contributed by atoms with Crippen LogP contribution in [0, 0.1) is 11.6 Å². The van der Waals surface area contributed by atoms with E-state index in [-0.39, 0.29) is 6.61 Å². The first-order valence-electron chi connectivity index (χ1n) is 9.30. The first-order chi connectivity index (χ1) is 13.9. The van der Waals surface area contributed by atoms with Gasteiger partial charge in [-0.1, -0.05) is 0 Å². The number of rotatable bonds is 7. The summed E-state index contributed by atoms with van der Waals surface area (Å²) in [7, 11) is 0. The Bertz CT molecular complexity index is 827. The average molecular weight is 406 g/mol. The molecule has 1 heterocycles. The van der Waals surface area contributed by atoms with Crippen molar-refractivity contribution in [3.8, 4) is 5.75 Å². The minimum atomic E-state index is -0.853. The maximum Gasteiger partial charge on any atom is 0.316 e. The van der Waals surface area contributed by atoms with Crippen LogP contribution >= 0.6 is 0 Å². The molecule has 4 N–H and O–H groups in total. The molecule has 2 aromatic rings. The average Bonchev–Trinajstić information content (AvgIpc) is 2.70. The molecule has 2 aromatic carbocycles. The number of carbonyl (C=O) groups excluding carboxylic acids is 1. The number of nitrogens with one attached hydrogen (secondary N) is 1. The van der Waals surface area contributed by atoms with Crippen molar-refractivity contribution in [2.45, 2.75) is 6.10 Å². The smallest absolute Gasteiger partial charge is 0.316 e. The van der Waals surface area contributed by atoms with Gasteiger partial charge >= 0.3 is 6.03 Å². The molecule has 1 aliphatic rings. The highest BCUT2D eigenvalue weighted by Gasteiger charge is 2.20. The number of ether oxygens (including phenoxy) is 1. The first kappa shape index (κ1) is 20.8. The number of anilines is 2. The van der Waals surface area contributed by atoms with Gasteiger partial charge in [0.25, 0.3) is 0 Å². The summed E-state index contributed by atoms with van der Waals surface area (Å²) in [4.78, 5) is 14.9. The maximum absolute atomic E-state index is 13.4. The predicted octanol–water partition coefficient (Wildman–Crippen LogP) is 2.02. The number of benzene rings is 2. The number of β-amino-alcohol motifs (C(OH)–C–C–N with tert-alkyl or cyclic N) is 1. The van der Waals surface area contributed by atoms with Crippen molar-refractivity contribution in [1.82, 2.24) is 4.90 Å². The molecule has 0 unspecified atom stereocenters. The second-order valence-electron chi connectivity index (χ2n) is 6.86. The van der Waals surface area contributed by atoms with E-state index in [2.05, 4.69) is 10.2 Å². The van der Waals surface area contributed by atoms with Crippen LogP contribution in [0.4, 0.5) is 25.0 Å². The number of hydrogen-bond acceptors (Lipinski definition) is 5. The predicted molar refractivity (Wildman–Crippen MR) is 106 cm³/mol. The van der Waals surface area contributed by atoms with E-state index in [0.29, 0.717) is 49.8 Å². The van der Waals surface area contributed by atoms with E-state index in [4.69, 9.17) is 10.5 Å². The van der Waals surface area contributed by atoms with Crippen LogP contribution < -0.4 is 20.7 Å². The van der Waals surface area contributed by atoms with Crippen molar-refractivity contribution in [2.24, 2.45) is 5.73 Å². The lowest BCUT2D eigenvalue weighted by Crippen LogP contribution is -2.49. The van der Waals surface area contributed by atoms with E-state index in [1.54, 1.807) is 30.3 Å². The number of nitrogens with zero attached hydrogens (tertiary/aromatic N) is 2. The summed E-state index contributed by atoms with van der Waals surface area (Å²) < 4.78 is 32.1. The zero-order chi connectivity index (χ0) is 20.8. The van der Waals surface area contributed by atoms with Gasteiger partial charge in [-0.05, 0) is 36.4 Å². The van der Waals surface area contributed by atoms with E-state index in [1.165, 1.54) is 6.07 Å². The molecule has 9 heteroatoms. The second kappa shape index (κ2) is 9.53. The van der Waals surface area contributed by atoms with Gasteiger partial charge in [-0.25, -0.2) is 13.6 Å². The zero-order valence-corrected chi connectivity index (χ0v) is 15.9. The summed E-state index contributed by atoms with van der Waals surface area (Å²) >= 11 is 0. The van der Waals surface area contributed by atoms with Crippen molar-refractivity contribution in [3.63, 3.8) is 0 Å². The van der Waals surface area contributed by atoms with Gasteiger partial charge in [-0.15, -0.1) is 0 Å². The Morgan fingerprint density at radius 3 is 2.41 bits per heavy atom. The van der Waals surface area contributed by atoms with Gasteiger partial charge in [-0.2, -0.15) is 0 Å². The minimum absolute atomic E-state index is 0.131. The van der Waals surface area contributed by atoms with Crippen LogP contribution in [0.25, 0.3) is 0 Å². The second-order valence-corrected chi connectivity index (χ2v) is 6.86. The van der Waals surface area contributed by atoms with Crippen molar-refractivity contribution in [1.29, 1.82) is 0 Å². The number of piperazine rings is 1. The molecule has 156 valence electrons. The molecule has 1 fully saturated rings. The molecule has 0 radical (unpaired) electrons. The largest absolute Gasteiger partial charge is 0.491 e. The van der Waals surface area contributed by atoms with Crippen LogP contribution in [0.5, 0.6) is 5.75 Å². The molecule has 2 amide bonds. The first-order valence-corrected chi connectivity index (χ1v) is 9.30. The molecule has 0 saturated carbocycles. The van der Waals surface area contributed by atoms with Gasteiger partial charge in [0.2, 0.25) is 0 Å². The molecule has 1 atom stereocenters. The molecule has 0 aromatic heterocycles. The Morgan fingerprint density at radius 1 is 1.10 bits per heavy atom. The Balaban J connectivity index is 1.40. The lowest BCUT2D eigenvalue weighted by Gasteiger charge is -2.36. The number of aliphatic hydroxyl groups excluding tert-OH is 1. The fourth-order valence-electron chi connectivity index (χ4n) is 3.19. The molecule has 0 bridgehead atoms. The fourth-order valence-corrected chi connectivity index (χ4v) is 3.19. The summed E-state index contributed by atoms with van der Waals surface area (Å²) in [6.45, 7) is 3.30. The van der Waals surface area contributed by atoms with Gasteiger partial charge < -0.3 is 25.8 Å². The minimum Gasteiger partial charge on any atom is -0.491 e. The molecule has 3 rings (SSSR count). The van der Waals surface area contributed by atoms with Crippen LogP contribution in [0.2, 0.25) is 0 Å². The topological polar surface area (TPSA) is 91.1 Å². The van der Waals surface area contributed by atoms with Crippen LogP contribution in [0.15, 0.2) is 42.5 Å². The quantitative estimate of drug-likeness (QED) is 0.655. The van der Waals surface area contributed by atoms with Crippen molar-refractivity contribution in [2.75, 3.05) is 49.5 Å². The van der Waals surface area contributed by atoms with Crippen LogP contribution in [-0.4, -0.2) is 61.5 Å². The molecule has 29 heavy (non-hydrogen) atoms. The number of aliphatic hydroxyl groups is 1. The van der Waals surface area contributed by atoms with E-state index in [9.17, 15) is 18.7 Å². The Hall–Kier alpha value is -2.91. The van der Waals surface area contributed by atoms with E-state index in [0.717, 1.165) is 6.07 Å². The molecule has 0 aliphatic carbocycles. The summed E-state index contributed by atoms with van der Waals surface area (Å²) in [5.74, 6) is -1.13. The third-order valence-electron chi connectivity index (χ3n) is 4.67. The molecular weight excluding hydrogens is 382 g/mol. The van der Waals surface area contributed by atoms with Crippen LogP contribution in [0.1, 0.15) is 0 Å². The summed E-state index contributed by atoms with van der Waals surface area (Å²) in [5.41, 5.74) is 6.26. The number of hydrogen-bond donors (Lipinski definition) is 3. The van der Waals surface area contributed by atoms with Gasteiger partial charge in [0, 0.05) is 50.2 Å². The Labute approximate surface area is 167 Å². The lowest BCUT2D eigenvalue weighted by atomic mass is 10.2. The molecular formula is C20H24F2N4O3. The standard InChI is InChI=1S/C20H24F2N4O3/c21-18-6-3-15(11-19(18)22)26-9-7-25(8-10-26)12-16(27)13-29-17-4-1-14(2-5-17)24-20(23)28/h1-6,11,16,27H,7-10,12-13H2,(H3,23,24,28)/t16-/m0/s1. The van der Waals surface area contributed by atoms with Gasteiger partial charge in [0.15, 0.2) is 11.6 Å². The van der Waals surface area contributed by atoms with Crippen LogP contribution in [-0.2, 0) is 0 Å². The fraction of sp³-hybridized carbons (Fsp3) is 0.350. The van der Waals surface area contributed by atoms with Crippen LogP contribution in [0.3, 0.4) is 0 Å². The highest BCUT2D eigenvalue weighted by molar-refractivity contribution is 5.87. The zero-order valence-electron chi connectivity index (χ0n) is 15.9. The summed E-state index contributed by atoms with van der Waals surface area (Å²) in [6, 6.07) is 9.94. The van der Waals surface area contributed by atoms with Crippen molar-refractivity contribution < 1.29 is 23.4 Å². The Morgan fingerprint density at radius 2 is 1.79 bits per heavy atom. The normalized spacial score (nSPS) is 15.8. The number of halogens is 2. The lowest BCUT2D eigenvalue weighted by molar-refractivity contribution is 0.0663. The summed E-state index contributed by atoms with van der Waals surface area (Å²) in [5, 5.41) is 12.7. The van der Waals surface area contributed by atoms with Crippen molar-refractivity contribution >= 4 is 17.4 Å².